The molecule has 0 spiro atoms. The molecule has 1 heteroatoms. The van der Waals surface area contributed by atoms with Crippen molar-refractivity contribution in [3.63, 3.8) is 0 Å². The van der Waals surface area contributed by atoms with E-state index in [4.69, 9.17) is 4.74 Å². The average molecular weight is 226 g/mol. The fourth-order valence-corrected chi connectivity index (χ4v) is 1.24. The highest BCUT2D eigenvalue weighted by Crippen LogP contribution is 2.13. The Bertz CT molecular complexity index is 199. The largest absolute Gasteiger partial charge is 0.494 e. The van der Waals surface area contributed by atoms with Gasteiger partial charge in [-0.15, -0.1) is 0 Å². The van der Waals surface area contributed by atoms with Gasteiger partial charge in [0.2, 0.25) is 0 Å². The monoisotopic (exact) mass is 226 g/mol. The standard InChI is InChI=1S/C13H24O.C2H6/c1-6-8-12(5)13(7-2)14-10-9-11(3)4;1-2/h7-8,11H,6,9-10H2,1-5H3;1-2H3/b12-8-,13-7+;. The smallest absolute Gasteiger partial charge is 0.117 e. The highest BCUT2D eigenvalue weighted by Gasteiger charge is 2.00. The minimum absolute atomic E-state index is 0.712. The van der Waals surface area contributed by atoms with Gasteiger partial charge in [-0.05, 0) is 44.3 Å². The van der Waals surface area contributed by atoms with Gasteiger partial charge in [0.25, 0.3) is 0 Å². The van der Waals surface area contributed by atoms with E-state index < -0.39 is 0 Å². The van der Waals surface area contributed by atoms with Gasteiger partial charge >= 0.3 is 0 Å². The lowest BCUT2D eigenvalue weighted by Gasteiger charge is -2.11. The van der Waals surface area contributed by atoms with E-state index >= 15 is 0 Å². The second-order valence-electron chi connectivity index (χ2n) is 3.98. The van der Waals surface area contributed by atoms with Gasteiger partial charge in [-0.1, -0.05) is 40.7 Å². The molecule has 0 N–H and O–H groups in total. The number of hydrogen-bond acceptors (Lipinski definition) is 1. The molecule has 96 valence electrons. The summed E-state index contributed by atoms with van der Waals surface area (Å²) in [5.74, 6) is 1.75. The summed E-state index contributed by atoms with van der Waals surface area (Å²) in [4.78, 5) is 0. The maximum atomic E-state index is 5.71. The van der Waals surface area contributed by atoms with Crippen molar-refractivity contribution in [2.75, 3.05) is 6.61 Å². The maximum Gasteiger partial charge on any atom is 0.117 e. The van der Waals surface area contributed by atoms with E-state index in [1.165, 1.54) is 5.57 Å². The van der Waals surface area contributed by atoms with E-state index in [0.29, 0.717) is 5.92 Å². The van der Waals surface area contributed by atoms with E-state index in [0.717, 1.165) is 25.2 Å². The fraction of sp³-hybridized carbons (Fsp3) is 0.733. The topological polar surface area (TPSA) is 9.23 Å². The first-order valence-corrected chi connectivity index (χ1v) is 6.58. The molecule has 16 heavy (non-hydrogen) atoms. The van der Waals surface area contributed by atoms with Gasteiger partial charge in [0.15, 0.2) is 0 Å². The van der Waals surface area contributed by atoms with Crippen LogP contribution in [0.2, 0.25) is 0 Å². The third kappa shape index (κ3) is 9.82. The molecule has 0 aliphatic carbocycles. The number of allylic oxidation sites excluding steroid dienone is 3. The fourth-order valence-electron chi connectivity index (χ4n) is 1.24. The zero-order valence-corrected chi connectivity index (χ0v) is 12.3. The predicted molar refractivity (Wildman–Crippen MR) is 74.6 cm³/mol. The molecule has 0 atom stereocenters. The molecular weight excluding hydrogens is 196 g/mol. The Balaban J connectivity index is 0. The van der Waals surface area contributed by atoms with Crippen molar-refractivity contribution >= 4 is 0 Å². The summed E-state index contributed by atoms with van der Waals surface area (Å²) >= 11 is 0. The Morgan fingerprint density at radius 1 is 1.25 bits per heavy atom. The molecule has 1 nitrogen and oxygen atoms in total. The van der Waals surface area contributed by atoms with Gasteiger partial charge in [-0.25, -0.2) is 0 Å². The maximum absolute atomic E-state index is 5.71. The third-order valence-corrected chi connectivity index (χ3v) is 2.11. The summed E-state index contributed by atoms with van der Waals surface area (Å²) in [6, 6.07) is 0. The Morgan fingerprint density at radius 3 is 2.19 bits per heavy atom. The van der Waals surface area contributed by atoms with Gasteiger partial charge in [-0.2, -0.15) is 0 Å². The summed E-state index contributed by atoms with van der Waals surface area (Å²) < 4.78 is 5.71. The minimum Gasteiger partial charge on any atom is -0.494 e. The highest BCUT2D eigenvalue weighted by molar-refractivity contribution is 5.22. The van der Waals surface area contributed by atoms with Crippen LogP contribution in [0.4, 0.5) is 0 Å². The second kappa shape index (κ2) is 12.4. The molecule has 0 aromatic carbocycles. The molecule has 0 aromatic heterocycles. The summed E-state index contributed by atoms with van der Waals surface area (Å²) in [6.45, 7) is 15.5. The van der Waals surface area contributed by atoms with Crippen molar-refractivity contribution in [3.05, 3.63) is 23.5 Å². The van der Waals surface area contributed by atoms with Crippen LogP contribution >= 0.6 is 0 Å². The zero-order valence-electron chi connectivity index (χ0n) is 12.3. The summed E-state index contributed by atoms with van der Waals surface area (Å²) in [6.07, 6.45) is 6.43. The van der Waals surface area contributed by atoms with Crippen molar-refractivity contribution in [2.45, 2.75) is 61.3 Å². The molecule has 0 fully saturated rings. The highest BCUT2D eigenvalue weighted by atomic mass is 16.5. The van der Waals surface area contributed by atoms with Crippen LogP contribution in [0.1, 0.15) is 61.3 Å². The van der Waals surface area contributed by atoms with Crippen molar-refractivity contribution in [3.8, 4) is 0 Å². The minimum atomic E-state index is 0.712. The second-order valence-corrected chi connectivity index (χ2v) is 3.98. The van der Waals surface area contributed by atoms with Crippen LogP contribution in [0, 0.1) is 5.92 Å². The summed E-state index contributed by atoms with van der Waals surface area (Å²) in [7, 11) is 0. The van der Waals surface area contributed by atoms with Crippen LogP contribution in [-0.4, -0.2) is 6.61 Å². The van der Waals surface area contributed by atoms with E-state index in [1.54, 1.807) is 0 Å². The van der Waals surface area contributed by atoms with Crippen LogP contribution < -0.4 is 0 Å². The quantitative estimate of drug-likeness (QED) is 0.439. The first kappa shape index (κ1) is 17.7. The third-order valence-electron chi connectivity index (χ3n) is 2.11. The Hall–Kier alpha value is -0.720. The van der Waals surface area contributed by atoms with Crippen molar-refractivity contribution < 1.29 is 4.74 Å². The first-order valence-electron chi connectivity index (χ1n) is 6.58. The van der Waals surface area contributed by atoms with Crippen molar-refractivity contribution in [2.24, 2.45) is 5.92 Å². The summed E-state index contributed by atoms with van der Waals surface area (Å²) in [5, 5.41) is 0. The molecule has 0 rings (SSSR count). The van der Waals surface area contributed by atoms with E-state index in [2.05, 4.69) is 33.8 Å². The van der Waals surface area contributed by atoms with Crippen LogP contribution in [0.5, 0.6) is 0 Å². The number of rotatable bonds is 6. The lowest BCUT2D eigenvalue weighted by molar-refractivity contribution is 0.202. The Kier molecular flexibility index (Phi) is 13.6. The molecule has 0 saturated carbocycles. The van der Waals surface area contributed by atoms with Gasteiger partial charge in [0.1, 0.15) is 5.76 Å². The number of ether oxygens (including phenoxy) is 1. The Morgan fingerprint density at radius 2 is 1.81 bits per heavy atom. The van der Waals surface area contributed by atoms with E-state index in [1.807, 2.05) is 26.8 Å². The molecule has 0 saturated heterocycles. The van der Waals surface area contributed by atoms with E-state index in [-0.39, 0.29) is 0 Å². The summed E-state index contributed by atoms with van der Waals surface area (Å²) in [5.41, 5.74) is 1.25. The predicted octanol–water partition coefficient (Wildman–Crippen LogP) is 5.34. The van der Waals surface area contributed by atoms with Gasteiger partial charge < -0.3 is 4.74 Å². The molecule has 0 aliphatic rings. The Labute approximate surface area is 103 Å². The lowest BCUT2D eigenvalue weighted by atomic mass is 10.1. The molecule has 0 aromatic rings. The molecule has 0 amide bonds. The lowest BCUT2D eigenvalue weighted by Crippen LogP contribution is -2.00. The van der Waals surface area contributed by atoms with E-state index in [9.17, 15) is 0 Å². The molecule has 0 aliphatic heterocycles. The van der Waals surface area contributed by atoms with Crippen molar-refractivity contribution in [1.82, 2.24) is 0 Å². The SMILES string of the molecule is C/C=C(OCCC(C)C)\C(C)=C/CC.CC. The van der Waals surface area contributed by atoms with Crippen molar-refractivity contribution in [1.29, 1.82) is 0 Å². The molecular formula is C15H30O. The van der Waals surface area contributed by atoms with Gasteiger partial charge in [-0.3, -0.25) is 0 Å². The van der Waals surface area contributed by atoms with Crippen LogP contribution in [0.3, 0.4) is 0 Å². The normalized spacial score (nSPS) is 12.2. The average Bonchev–Trinajstić information content (AvgIpc) is 2.27. The first-order chi connectivity index (χ1) is 7.61. The van der Waals surface area contributed by atoms with Crippen LogP contribution in [0.15, 0.2) is 23.5 Å². The van der Waals surface area contributed by atoms with Crippen LogP contribution in [-0.2, 0) is 4.74 Å². The molecule has 0 radical (unpaired) electrons. The molecule has 0 unspecified atom stereocenters. The van der Waals surface area contributed by atoms with Gasteiger partial charge in [0, 0.05) is 0 Å². The number of hydrogen-bond donors (Lipinski definition) is 0. The molecule has 0 heterocycles. The zero-order chi connectivity index (χ0) is 13.0. The van der Waals surface area contributed by atoms with Crippen LogP contribution in [0.25, 0.3) is 0 Å². The van der Waals surface area contributed by atoms with Gasteiger partial charge in [0.05, 0.1) is 6.61 Å². The molecule has 0 bridgehead atoms.